The quantitative estimate of drug-likeness (QED) is 0.889. The zero-order valence-electron chi connectivity index (χ0n) is 11.2. The lowest BCUT2D eigenvalue weighted by Crippen LogP contribution is -2.35. The summed E-state index contributed by atoms with van der Waals surface area (Å²) in [7, 11) is -2.88. The number of hydrogen-bond acceptors (Lipinski definition) is 5. The summed E-state index contributed by atoms with van der Waals surface area (Å²) in [6.45, 7) is 3.86. The van der Waals surface area contributed by atoms with Gasteiger partial charge in [-0.25, -0.2) is 13.4 Å². The lowest BCUT2D eigenvalue weighted by molar-refractivity contribution is 0.554. The van der Waals surface area contributed by atoms with E-state index in [2.05, 4.69) is 10.3 Å². The van der Waals surface area contributed by atoms with Gasteiger partial charge in [0.05, 0.1) is 11.5 Å². The Morgan fingerprint density at radius 2 is 2.00 bits per heavy atom. The molecule has 19 heavy (non-hydrogen) atoms. The van der Waals surface area contributed by atoms with E-state index in [-0.39, 0.29) is 29.1 Å². The molecule has 0 aliphatic carbocycles. The van der Waals surface area contributed by atoms with E-state index < -0.39 is 9.84 Å². The molecule has 0 bridgehead atoms. The molecule has 1 N–H and O–H groups in total. The van der Waals surface area contributed by atoms with Gasteiger partial charge >= 0.3 is 0 Å². The first-order chi connectivity index (χ1) is 8.89. The van der Waals surface area contributed by atoms with Crippen LogP contribution in [0, 0.1) is 0 Å². The van der Waals surface area contributed by atoms with Crippen molar-refractivity contribution in [2.45, 2.75) is 38.8 Å². The van der Waals surface area contributed by atoms with Gasteiger partial charge in [-0.05, 0) is 26.7 Å². The molecule has 0 aromatic carbocycles. The van der Waals surface area contributed by atoms with E-state index in [1.807, 2.05) is 13.8 Å². The number of rotatable bonds is 3. The van der Waals surface area contributed by atoms with Gasteiger partial charge in [0, 0.05) is 24.5 Å². The standard InChI is InChI=1S/C12H19N3O3S/c1-9(2)15-6-5-13-11(12(15)16)14-10-3-7-19(17,18)8-4-10/h5-6,9-10H,3-4,7-8H2,1-2H3,(H,13,14). The zero-order valence-corrected chi connectivity index (χ0v) is 12.0. The van der Waals surface area contributed by atoms with Crippen LogP contribution < -0.4 is 10.9 Å². The third kappa shape index (κ3) is 3.34. The van der Waals surface area contributed by atoms with Crippen molar-refractivity contribution in [3.8, 4) is 0 Å². The molecule has 0 amide bonds. The van der Waals surface area contributed by atoms with Crippen LogP contribution in [0.3, 0.4) is 0 Å². The number of aromatic nitrogens is 2. The monoisotopic (exact) mass is 285 g/mol. The van der Waals surface area contributed by atoms with Gasteiger partial charge in [0.2, 0.25) is 0 Å². The molecule has 2 rings (SSSR count). The van der Waals surface area contributed by atoms with Crippen molar-refractivity contribution in [1.29, 1.82) is 0 Å². The Kier molecular flexibility index (Phi) is 3.93. The SMILES string of the molecule is CC(C)n1ccnc(NC2CCS(=O)(=O)CC2)c1=O. The molecule has 0 radical (unpaired) electrons. The first-order valence-corrected chi connectivity index (χ1v) is 8.25. The van der Waals surface area contributed by atoms with E-state index in [0.29, 0.717) is 18.7 Å². The van der Waals surface area contributed by atoms with Crippen LogP contribution in [0.25, 0.3) is 0 Å². The van der Waals surface area contributed by atoms with Crippen molar-refractivity contribution in [3.05, 3.63) is 22.7 Å². The van der Waals surface area contributed by atoms with Gasteiger partial charge in [-0.3, -0.25) is 4.79 Å². The maximum Gasteiger partial charge on any atom is 0.293 e. The molecule has 1 aliphatic rings. The van der Waals surface area contributed by atoms with E-state index in [1.54, 1.807) is 17.0 Å². The van der Waals surface area contributed by atoms with Crippen LogP contribution in [-0.4, -0.2) is 35.5 Å². The average molecular weight is 285 g/mol. The Hall–Kier alpha value is -1.37. The lowest BCUT2D eigenvalue weighted by atomic mass is 10.1. The summed E-state index contributed by atoms with van der Waals surface area (Å²) in [6, 6.07) is 0.0783. The Morgan fingerprint density at radius 3 is 2.58 bits per heavy atom. The zero-order chi connectivity index (χ0) is 14.0. The van der Waals surface area contributed by atoms with Crippen molar-refractivity contribution < 1.29 is 8.42 Å². The van der Waals surface area contributed by atoms with Gasteiger partial charge in [0.25, 0.3) is 5.56 Å². The molecule has 106 valence electrons. The molecule has 0 saturated carbocycles. The van der Waals surface area contributed by atoms with Gasteiger partial charge in [0.1, 0.15) is 9.84 Å². The highest BCUT2D eigenvalue weighted by atomic mass is 32.2. The molecule has 6 nitrogen and oxygen atoms in total. The van der Waals surface area contributed by atoms with Crippen LogP contribution in [0.15, 0.2) is 17.2 Å². The minimum Gasteiger partial charge on any atom is -0.363 e. The molecule has 0 spiro atoms. The first-order valence-electron chi connectivity index (χ1n) is 6.43. The lowest BCUT2D eigenvalue weighted by Gasteiger charge is -2.23. The second kappa shape index (κ2) is 5.32. The fourth-order valence-corrected chi connectivity index (χ4v) is 3.65. The first kappa shape index (κ1) is 14.0. The molecular weight excluding hydrogens is 266 g/mol. The molecular formula is C12H19N3O3S. The Bertz CT molecular complexity index is 593. The molecule has 2 heterocycles. The van der Waals surface area contributed by atoms with E-state index in [0.717, 1.165) is 0 Å². The smallest absolute Gasteiger partial charge is 0.293 e. The number of nitrogens with zero attached hydrogens (tertiary/aromatic N) is 2. The summed E-state index contributed by atoms with van der Waals surface area (Å²) >= 11 is 0. The van der Waals surface area contributed by atoms with Gasteiger partial charge in [-0.2, -0.15) is 0 Å². The molecule has 0 unspecified atom stereocenters. The van der Waals surface area contributed by atoms with Crippen LogP contribution in [0.4, 0.5) is 5.82 Å². The maximum absolute atomic E-state index is 12.1. The van der Waals surface area contributed by atoms with Gasteiger partial charge in [-0.15, -0.1) is 0 Å². The highest BCUT2D eigenvalue weighted by Gasteiger charge is 2.24. The van der Waals surface area contributed by atoms with Crippen LogP contribution in [-0.2, 0) is 9.84 Å². The summed E-state index contributed by atoms with van der Waals surface area (Å²) in [5, 5.41) is 3.07. The van der Waals surface area contributed by atoms with Crippen molar-refractivity contribution in [1.82, 2.24) is 9.55 Å². The maximum atomic E-state index is 12.1. The van der Waals surface area contributed by atoms with E-state index in [9.17, 15) is 13.2 Å². The average Bonchev–Trinajstić information content (AvgIpc) is 2.34. The van der Waals surface area contributed by atoms with Crippen molar-refractivity contribution >= 4 is 15.7 Å². The molecule has 1 aromatic heterocycles. The molecule has 1 saturated heterocycles. The molecule has 1 fully saturated rings. The Labute approximate surface area is 112 Å². The molecule has 7 heteroatoms. The molecule has 1 aliphatic heterocycles. The normalized spacial score (nSPS) is 19.5. The summed E-state index contributed by atoms with van der Waals surface area (Å²) in [5.74, 6) is 0.659. The van der Waals surface area contributed by atoms with Crippen molar-refractivity contribution in [2.24, 2.45) is 0 Å². The number of anilines is 1. The topological polar surface area (TPSA) is 81.1 Å². The van der Waals surface area contributed by atoms with Crippen LogP contribution in [0.5, 0.6) is 0 Å². The molecule has 1 aromatic rings. The summed E-state index contributed by atoms with van der Waals surface area (Å²) in [5.41, 5.74) is -0.161. The predicted molar refractivity (Wildman–Crippen MR) is 74.2 cm³/mol. The number of hydrogen-bond donors (Lipinski definition) is 1. The van der Waals surface area contributed by atoms with E-state index in [1.165, 1.54) is 0 Å². The Morgan fingerprint density at radius 1 is 1.37 bits per heavy atom. The number of nitrogens with one attached hydrogen (secondary N) is 1. The van der Waals surface area contributed by atoms with Crippen molar-refractivity contribution in [2.75, 3.05) is 16.8 Å². The Balaban J connectivity index is 2.13. The van der Waals surface area contributed by atoms with Gasteiger partial charge < -0.3 is 9.88 Å². The van der Waals surface area contributed by atoms with Gasteiger partial charge in [-0.1, -0.05) is 0 Å². The van der Waals surface area contributed by atoms with Crippen molar-refractivity contribution in [3.63, 3.8) is 0 Å². The third-order valence-corrected chi connectivity index (χ3v) is 5.04. The summed E-state index contributed by atoms with van der Waals surface area (Å²) in [4.78, 5) is 16.2. The fraction of sp³-hybridized carbons (Fsp3) is 0.667. The van der Waals surface area contributed by atoms with Crippen LogP contribution >= 0.6 is 0 Å². The minimum atomic E-state index is -2.88. The number of sulfone groups is 1. The van der Waals surface area contributed by atoms with Crippen LogP contribution in [0.2, 0.25) is 0 Å². The molecule has 0 atom stereocenters. The van der Waals surface area contributed by atoms with Crippen LogP contribution in [0.1, 0.15) is 32.7 Å². The van der Waals surface area contributed by atoms with Gasteiger partial charge in [0.15, 0.2) is 5.82 Å². The summed E-state index contributed by atoms with van der Waals surface area (Å²) in [6.07, 6.45) is 4.30. The second-order valence-electron chi connectivity index (χ2n) is 5.15. The van der Waals surface area contributed by atoms with E-state index >= 15 is 0 Å². The minimum absolute atomic E-state index is 0.00624. The summed E-state index contributed by atoms with van der Waals surface area (Å²) < 4.78 is 24.3. The highest BCUT2D eigenvalue weighted by molar-refractivity contribution is 7.91. The third-order valence-electron chi connectivity index (χ3n) is 3.32. The fourth-order valence-electron chi connectivity index (χ4n) is 2.16. The van der Waals surface area contributed by atoms with E-state index in [4.69, 9.17) is 0 Å². The largest absolute Gasteiger partial charge is 0.363 e. The highest BCUT2D eigenvalue weighted by Crippen LogP contribution is 2.15. The predicted octanol–water partition coefficient (Wildman–Crippen LogP) is 0.813. The second-order valence-corrected chi connectivity index (χ2v) is 7.46.